The van der Waals surface area contributed by atoms with Crippen LogP contribution in [-0.2, 0) is 14.3 Å². The number of allylic oxidation sites excluding steroid dienone is 2. The summed E-state index contributed by atoms with van der Waals surface area (Å²) in [7, 11) is 0. The van der Waals surface area contributed by atoms with E-state index >= 15 is 0 Å². The monoisotopic (exact) mass is 428 g/mol. The lowest BCUT2D eigenvalue weighted by atomic mass is 9.71. The van der Waals surface area contributed by atoms with Crippen molar-refractivity contribution in [2.24, 2.45) is 22.7 Å². The van der Waals surface area contributed by atoms with E-state index in [0.717, 1.165) is 19.4 Å². The van der Waals surface area contributed by atoms with Crippen molar-refractivity contribution < 1.29 is 19.4 Å². The Morgan fingerprint density at radius 2 is 2.06 bits per heavy atom. The minimum absolute atomic E-state index is 0.0215. The van der Waals surface area contributed by atoms with E-state index in [1.54, 1.807) is 6.08 Å². The Kier molecular flexibility index (Phi) is 5.65. The van der Waals surface area contributed by atoms with E-state index < -0.39 is 17.2 Å². The summed E-state index contributed by atoms with van der Waals surface area (Å²) in [6.07, 6.45) is 8.81. The molecule has 1 saturated heterocycles. The summed E-state index contributed by atoms with van der Waals surface area (Å²) in [5, 5.41) is 11.3. The number of fused-ring (bicyclic) bond motifs is 4. The molecule has 1 N–H and O–H groups in total. The number of hydrogen-bond donors (Lipinski definition) is 1. The second-order valence-electron chi connectivity index (χ2n) is 10.9. The van der Waals surface area contributed by atoms with E-state index in [4.69, 9.17) is 9.73 Å². The number of aliphatic imine (C=N–C) groups is 1. The summed E-state index contributed by atoms with van der Waals surface area (Å²) in [6.45, 7) is 10.5. The van der Waals surface area contributed by atoms with Crippen molar-refractivity contribution in [1.29, 1.82) is 0 Å². The van der Waals surface area contributed by atoms with Crippen molar-refractivity contribution in [2.45, 2.75) is 90.0 Å². The summed E-state index contributed by atoms with van der Waals surface area (Å²) in [5.74, 6) is 0.453. The molecule has 6 atom stereocenters. The minimum Gasteiger partial charge on any atom is -0.460 e. The summed E-state index contributed by atoms with van der Waals surface area (Å²) >= 11 is 0. The molecular formula is C25H36N2O4. The molecule has 0 spiro atoms. The van der Waals surface area contributed by atoms with Crippen LogP contribution in [0.2, 0.25) is 0 Å². The molecule has 3 aliphatic heterocycles. The number of carbonyl (C=O) groups excluding carboxylic acids is 2. The van der Waals surface area contributed by atoms with Crippen LogP contribution in [0, 0.1) is 17.8 Å². The maximum Gasteiger partial charge on any atom is 0.309 e. The van der Waals surface area contributed by atoms with E-state index in [1.807, 2.05) is 27.7 Å². The first-order valence-corrected chi connectivity index (χ1v) is 11.7. The molecule has 1 fully saturated rings. The van der Waals surface area contributed by atoms with Crippen molar-refractivity contribution in [3.05, 3.63) is 23.9 Å². The van der Waals surface area contributed by atoms with Crippen molar-refractivity contribution in [3.63, 3.8) is 0 Å². The molecule has 3 heterocycles. The average Bonchev–Trinajstić information content (AvgIpc) is 3.01. The maximum atomic E-state index is 13.1. The number of aliphatic hydroxyl groups is 1. The predicted octanol–water partition coefficient (Wildman–Crippen LogP) is 3.44. The Labute approximate surface area is 185 Å². The van der Waals surface area contributed by atoms with Crippen LogP contribution in [0.15, 0.2) is 28.9 Å². The molecule has 1 aliphatic carbocycles. The van der Waals surface area contributed by atoms with Gasteiger partial charge in [0.15, 0.2) is 5.78 Å². The molecule has 170 valence electrons. The second kappa shape index (κ2) is 7.88. The smallest absolute Gasteiger partial charge is 0.309 e. The van der Waals surface area contributed by atoms with Gasteiger partial charge in [0, 0.05) is 18.4 Å². The van der Waals surface area contributed by atoms with Gasteiger partial charge in [-0.05, 0) is 70.2 Å². The Bertz CT molecular complexity index is 852. The fraction of sp³-hybridized carbons (Fsp3) is 0.720. The number of ether oxygens (including phenoxy) is 1. The van der Waals surface area contributed by atoms with Crippen LogP contribution < -0.4 is 0 Å². The Balaban J connectivity index is 1.54. The van der Waals surface area contributed by atoms with Gasteiger partial charge < -0.3 is 14.7 Å². The molecule has 31 heavy (non-hydrogen) atoms. The first-order valence-electron chi connectivity index (χ1n) is 11.7. The van der Waals surface area contributed by atoms with Gasteiger partial charge in [0.2, 0.25) is 0 Å². The summed E-state index contributed by atoms with van der Waals surface area (Å²) in [5.41, 5.74) is -0.644. The van der Waals surface area contributed by atoms with Crippen LogP contribution in [-0.4, -0.2) is 57.3 Å². The molecule has 4 aliphatic rings. The Morgan fingerprint density at radius 3 is 2.74 bits per heavy atom. The Hall–Kier alpha value is -1.95. The van der Waals surface area contributed by atoms with Crippen molar-refractivity contribution in [1.82, 2.24) is 4.90 Å². The fourth-order valence-corrected chi connectivity index (χ4v) is 5.74. The zero-order valence-electron chi connectivity index (χ0n) is 19.4. The lowest BCUT2D eigenvalue weighted by Gasteiger charge is -2.38. The van der Waals surface area contributed by atoms with Gasteiger partial charge in [0.1, 0.15) is 5.60 Å². The predicted molar refractivity (Wildman–Crippen MR) is 120 cm³/mol. The maximum absolute atomic E-state index is 13.1. The molecule has 0 amide bonds. The normalized spacial score (nSPS) is 34.2. The first kappa shape index (κ1) is 22.3. The topological polar surface area (TPSA) is 79.2 Å². The molecule has 0 saturated carbocycles. The molecule has 0 bridgehead atoms. The quantitative estimate of drug-likeness (QED) is 0.694. The number of hydrogen-bond acceptors (Lipinski definition) is 6. The van der Waals surface area contributed by atoms with Crippen molar-refractivity contribution in [3.8, 4) is 0 Å². The number of rotatable bonds is 4. The first-order chi connectivity index (χ1) is 14.5. The third-order valence-corrected chi connectivity index (χ3v) is 7.29. The number of carbonyl (C=O) groups is 2. The number of ketones is 1. The molecule has 0 radical (unpaired) electrons. The number of esters is 1. The van der Waals surface area contributed by atoms with Crippen molar-refractivity contribution >= 4 is 17.5 Å². The summed E-state index contributed by atoms with van der Waals surface area (Å²) in [6, 6.07) is 0.570. The molecule has 0 aromatic carbocycles. The van der Waals surface area contributed by atoms with Gasteiger partial charge in [-0.25, -0.2) is 0 Å². The third kappa shape index (κ3) is 4.36. The minimum atomic E-state index is -1.36. The van der Waals surface area contributed by atoms with E-state index in [2.05, 4.69) is 24.1 Å². The van der Waals surface area contributed by atoms with Gasteiger partial charge in [0.05, 0.1) is 29.8 Å². The molecule has 6 nitrogen and oxygen atoms in total. The Morgan fingerprint density at radius 1 is 1.32 bits per heavy atom. The van der Waals surface area contributed by atoms with Gasteiger partial charge in [0.25, 0.3) is 0 Å². The SMILES string of the molecule is CCC(O)(CC(=O)OC(C)(C)C)C1=CC(=O)C2=NC3C(CC2C1)CN1C=CC(C)CC31. The molecule has 0 aromatic rings. The number of nitrogens with zero attached hydrogens (tertiary/aromatic N) is 2. The van der Waals surface area contributed by atoms with Crippen molar-refractivity contribution in [2.75, 3.05) is 6.54 Å². The second-order valence-corrected chi connectivity index (χ2v) is 10.9. The molecule has 0 aromatic heterocycles. The van der Waals surface area contributed by atoms with Crippen LogP contribution in [0.5, 0.6) is 0 Å². The highest BCUT2D eigenvalue weighted by atomic mass is 16.6. The van der Waals surface area contributed by atoms with Gasteiger partial charge >= 0.3 is 5.97 Å². The summed E-state index contributed by atoms with van der Waals surface area (Å²) < 4.78 is 5.43. The highest BCUT2D eigenvalue weighted by Crippen LogP contribution is 2.44. The standard InChI is InChI=1S/C25H36N2O4/c1-6-25(30,13-21(29)31-24(3,4)5)18-11-16-10-17-14-27-8-7-15(2)9-19(27)22(17)26-23(16)20(28)12-18/h7-8,12,15-17,19,22,30H,6,9-11,13-14H2,1-5H3. The van der Waals surface area contributed by atoms with Crippen LogP contribution in [0.25, 0.3) is 0 Å². The zero-order chi connectivity index (χ0) is 22.6. The summed E-state index contributed by atoms with van der Waals surface area (Å²) in [4.78, 5) is 32.9. The van der Waals surface area contributed by atoms with Crippen LogP contribution in [0.1, 0.15) is 66.7 Å². The molecule has 6 heteroatoms. The van der Waals surface area contributed by atoms with Crippen LogP contribution >= 0.6 is 0 Å². The lowest BCUT2D eigenvalue weighted by Crippen LogP contribution is -2.44. The van der Waals surface area contributed by atoms with Crippen LogP contribution in [0.4, 0.5) is 0 Å². The highest BCUT2D eigenvalue weighted by Gasteiger charge is 2.49. The van der Waals surface area contributed by atoms with Crippen LogP contribution in [0.3, 0.4) is 0 Å². The largest absolute Gasteiger partial charge is 0.460 e. The molecular weight excluding hydrogens is 392 g/mol. The highest BCUT2D eigenvalue weighted by molar-refractivity contribution is 6.45. The van der Waals surface area contributed by atoms with E-state index in [9.17, 15) is 14.7 Å². The fourth-order valence-electron chi connectivity index (χ4n) is 5.74. The molecule has 4 rings (SSSR count). The van der Waals surface area contributed by atoms with E-state index in [0.29, 0.717) is 42.0 Å². The molecule has 6 unspecified atom stereocenters. The van der Waals surface area contributed by atoms with Gasteiger partial charge in [-0.3, -0.25) is 14.6 Å². The van der Waals surface area contributed by atoms with E-state index in [1.165, 1.54) is 0 Å². The third-order valence-electron chi connectivity index (χ3n) is 7.29. The zero-order valence-corrected chi connectivity index (χ0v) is 19.4. The van der Waals surface area contributed by atoms with E-state index in [-0.39, 0.29) is 24.2 Å². The van der Waals surface area contributed by atoms with Gasteiger partial charge in [-0.1, -0.05) is 19.9 Å². The average molecular weight is 429 g/mol. The van der Waals surface area contributed by atoms with Gasteiger partial charge in [-0.15, -0.1) is 0 Å². The van der Waals surface area contributed by atoms with Gasteiger partial charge in [-0.2, -0.15) is 0 Å². The lowest BCUT2D eigenvalue weighted by molar-refractivity contribution is -0.159.